The molecule has 6 heteroatoms. The molecule has 0 spiro atoms. The highest BCUT2D eigenvalue weighted by Crippen LogP contribution is 2.10. The van der Waals surface area contributed by atoms with E-state index in [0.29, 0.717) is 5.56 Å². The van der Waals surface area contributed by atoms with Crippen LogP contribution >= 0.6 is 0 Å². The predicted molar refractivity (Wildman–Crippen MR) is 66.0 cm³/mol. The highest BCUT2D eigenvalue weighted by molar-refractivity contribution is 5.85. The van der Waals surface area contributed by atoms with Crippen LogP contribution in [0.25, 0.3) is 0 Å². The standard InChI is InChI=1S/C13H18O6/c1-16-18-12(9-14)13(19-17-2)11(15)8-10-6-4-3-5-7-10/h3-7,12-14H,8-9H2,1-2H3/t12-,13+/m1/s1/i8D/t8?,12-,13+. The highest BCUT2D eigenvalue weighted by atomic mass is 17.2. The van der Waals surface area contributed by atoms with Gasteiger partial charge in [0.15, 0.2) is 18.0 Å². The molecule has 1 aromatic rings. The van der Waals surface area contributed by atoms with Crippen LogP contribution in [0.4, 0.5) is 0 Å². The van der Waals surface area contributed by atoms with Crippen LogP contribution in [0.15, 0.2) is 30.3 Å². The van der Waals surface area contributed by atoms with Gasteiger partial charge in [-0.1, -0.05) is 30.3 Å². The van der Waals surface area contributed by atoms with E-state index in [1.54, 1.807) is 30.3 Å². The fourth-order valence-electron chi connectivity index (χ4n) is 1.49. The Morgan fingerprint density at radius 2 is 1.89 bits per heavy atom. The van der Waals surface area contributed by atoms with Crippen LogP contribution in [0.3, 0.4) is 0 Å². The third kappa shape index (κ3) is 5.06. The lowest BCUT2D eigenvalue weighted by Gasteiger charge is -2.21. The molecular formula is C13H18O6. The maximum atomic E-state index is 12.3. The summed E-state index contributed by atoms with van der Waals surface area (Å²) in [4.78, 5) is 30.8. The van der Waals surface area contributed by atoms with Crippen molar-refractivity contribution in [2.75, 3.05) is 20.8 Å². The van der Waals surface area contributed by atoms with Gasteiger partial charge < -0.3 is 5.11 Å². The molecule has 0 saturated carbocycles. The third-order valence-electron chi connectivity index (χ3n) is 2.33. The third-order valence-corrected chi connectivity index (χ3v) is 2.33. The molecule has 0 heterocycles. The van der Waals surface area contributed by atoms with E-state index in [1.807, 2.05) is 0 Å². The van der Waals surface area contributed by atoms with Crippen LogP contribution in [0.2, 0.25) is 0 Å². The summed E-state index contributed by atoms with van der Waals surface area (Å²) in [6, 6.07) is 8.56. The fourth-order valence-corrected chi connectivity index (χ4v) is 1.49. The first-order valence-electron chi connectivity index (χ1n) is 6.24. The quantitative estimate of drug-likeness (QED) is 0.526. The Hall–Kier alpha value is -1.31. The average Bonchev–Trinajstić information content (AvgIpc) is 2.50. The Bertz CT molecular complexity index is 399. The Morgan fingerprint density at radius 1 is 1.26 bits per heavy atom. The lowest BCUT2D eigenvalue weighted by atomic mass is 10.0. The van der Waals surface area contributed by atoms with Gasteiger partial charge in [0.25, 0.3) is 0 Å². The molecular weight excluding hydrogens is 252 g/mol. The van der Waals surface area contributed by atoms with E-state index in [-0.39, 0.29) is 0 Å². The van der Waals surface area contributed by atoms with E-state index in [0.717, 1.165) is 0 Å². The molecule has 3 atom stereocenters. The van der Waals surface area contributed by atoms with Gasteiger partial charge in [-0.05, 0) is 5.56 Å². The minimum atomic E-state index is -1.27. The Kier molecular flexibility index (Phi) is 6.48. The number of aliphatic hydroxyl groups is 1. The molecule has 1 N–H and O–H groups in total. The minimum absolute atomic E-state index is 0.510. The van der Waals surface area contributed by atoms with Crippen molar-refractivity contribution >= 4 is 5.78 Å². The Morgan fingerprint density at radius 3 is 2.42 bits per heavy atom. The van der Waals surface area contributed by atoms with E-state index in [2.05, 4.69) is 9.78 Å². The summed E-state index contributed by atoms with van der Waals surface area (Å²) in [7, 11) is 2.47. The summed E-state index contributed by atoms with van der Waals surface area (Å²) in [5.74, 6) is -0.603. The predicted octanol–water partition coefficient (Wildman–Crippen LogP) is 0.684. The number of Topliss-reactive ketones (excluding diaryl/α,β-unsaturated/α-hetero) is 1. The summed E-state index contributed by atoms with van der Waals surface area (Å²) in [5.41, 5.74) is 0.510. The topological polar surface area (TPSA) is 74.2 Å². The normalized spacial score (nSPS) is 16.5. The summed E-state index contributed by atoms with van der Waals surface area (Å²) in [6.45, 7) is -0.519. The van der Waals surface area contributed by atoms with Crippen LogP contribution < -0.4 is 0 Å². The summed E-state index contributed by atoms with van der Waals surface area (Å²) < 4.78 is 7.97. The van der Waals surface area contributed by atoms with Gasteiger partial charge in [0.1, 0.15) is 0 Å². The van der Waals surface area contributed by atoms with Gasteiger partial charge in [-0.15, -0.1) is 0 Å². The van der Waals surface area contributed by atoms with Crippen molar-refractivity contribution in [3.8, 4) is 0 Å². The second kappa shape index (κ2) is 8.73. The Labute approximate surface area is 113 Å². The number of hydrogen-bond acceptors (Lipinski definition) is 6. The van der Waals surface area contributed by atoms with Crippen LogP contribution in [0.1, 0.15) is 6.93 Å². The molecule has 6 nitrogen and oxygen atoms in total. The molecule has 0 aromatic heterocycles. The van der Waals surface area contributed by atoms with E-state index in [4.69, 9.17) is 11.1 Å². The largest absolute Gasteiger partial charge is 0.393 e. The second-order valence-corrected chi connectivity index (χ2v) is 3.62. The van der Waals surface area contributed by atoms with Crippen molar-refractivity contribution in [3.05, 3.63) is 35.9 Å². The average molecular weight is 271 g/mol. The van der Waals surface area contributed by atoms with Gasteiger partial charge in [-0.3, -0.25) is 4.79 Å². The van der Waals surface area contributed by atoms with Crippen molar-refractivity contribution in [2.45, 2.75) is 18.6 Å². The molecule has 0 fully saturated rings. The van der Waals surface area contributed by atoms with Crippen molar-refractivity contribution in [2.24, 2.45) is 0 Å². The zero-order valence-corrected chi connectivity index (χ0v) is 10.8. The number of rotatable bonds is 9. The van der Waals surface area contributed by atoms with Gasteiger partial charge in [-0.25, -0.2) is 19.6 Å². The number of hydrogen-bond donors (Lipinski definition) is 1. The maximum absolute atomic E-state index is 12.3. The molecule has 1 rings (SSSR count). The van der Waals surface area contributed by atoms with Crippen molar-refractivity contribution in [3.63, 3.8) is 0 Å². The number of carbonyl (C=O) groups excluding carboxylic acids is 1. The van der Waals surface area contributed by atoms with E-state index < -0.39 is 31.0 Å². The maximum Gasteiger partial charge on any atom is 0.183 e. The fraction of sp³-hybridized carbons (Fsp3) is 0.462. The molecule has 0 aliphatic carbocycles. The molecule has 1 unspecified atom stereocenters. The van der Waals surface area contributed by atoms with Crippen LogP contribution in [-0.2, 0) is 30.7 Å². The van der Waals surface area contributed by atoms with E-state index in [9.17, 15) is 9.90 Å². The van der Waals surface area contributed by atoms with Gasteiger partial charge >= 0.3 is 0 Å². The molecule has 106 valence electrons. The first-order valence-corrected chi connectivity index (χ1v) is 5.66. The first kappa shape index (κ1) is 14.1. The van der Waals surface area contributed by atoms with E-state index in [1.165, 1.54) is 14.2 Å². The smallest absolute Gasteiger partial charge is 0.183 e. The van der Waals surface area contributed by atoms with Crippen LogP contribution in [0, 0.1) is 0 Å². The number of ketones is 1. The monoisotopic (exact) mass is 271 g/mol. The number of carbonyl (C=O) groups is 1. The molecule has 0 amide bonds. The Balaban J connectivity index is 2.87. The summed E-state index contributed by atoms with van der Waals surface area (Å²) in [5, 5.41) is 9.20. The van der Waals surface area contributed by atoms with E-state index >= 15 is 0 Å². The van der Waals surface area contributed by atoms with Crippen LogP contribution in [-0.4, -0.2) is 43.9 Å². The van der Waals surface area contributed by atoms with Gasteiger partial charge in [-0.2, -0.15) is 0 Å². The molecule has 0 aliphatic rings. The van der Waals surface area contributed by atoms with Crippen LogP contribution in [0.5, 0.6) is 0 Å². The van der Waals surface area contributed by atoms with Gasteiger partial charge in [0, 0.05) is 7.77 Å². The lowest BCUT2D eigenvalue weighted by Crippen LogP contribution is -2.41. The molecule has 0 saturated heterocycles. The highest BCUT2D eigenvalue weighted by Gasteiger charge is 2.31. The SMILES string of the molecule is [2H]C(C(=O)[C@H](OOC)[C@@H](CO)OOC)c1ccccc1. The molecule has 19 heavy (non-hydrogen) atoms. The molecule has 1 aromatic carbocycles. The molecule has 0 bridgehead atoms. The molecule has 0 radical (unpaired) electrons. The van der Waals surface area contributed by atoms with Gasteiger partial charge in [0.05, 0.1) is 20.8 Å². The van der Waals surface area contributed by atoms with Crippen molar-refractivity contribution < 1.29 is 30.8 Å². The van der Waals surface area contributed by atoms with Crippen molar-refractivity contribution in [1.29, 1.82) is 0 Å². The zero-order valence-electron chi connectivity index (χ0n) is 11.8. The molecule has 0 aliphatic heterocycles. The number of aliphatic hydroxyl groups excluding tert-OH is 1. The summed E-state index contributed by atoms with van der Waals surface area (Å²) >= 11 is 0. The second-order valence-electron chi connectivity index (χ2n) is 3.62. The summed E-state index contributed by atoms with van der Waals surface area (Å²) in [6.07, 6.45) is -3.53. The van der Waals surface area contributed by atoms with Gasteiger partial charge in [0.2, 0.25) is 0 Å². The minimum Gasteiger partial charge on any atom is -0.393 e. The zero-order chi connectivity index (χ0) is 15.0. The number of benzene rings is 1. The lowest BCUT2D eigenvalue weighted by molar-refractivity contribution is -0.369. The van der Waals surface area contributed by atoms with Crippen molar-refractivity contribution in [1.82, 2.24) is 0 Å². The first-order chi connectivity index (χ1) is 9.65.